The molecule has 2 rings (SSSR count). The monoisotopic (exact) mass is 260 g/mol. The Morgan fingerprint density at radius 2 is 2.00 bits per heavy atom. The van der Waals surface area contributed by atoms with Gasteiger partial charge in [0.25, 0.3) is 0 Å². The molecule has 19 heavy (non-hydrogen) atoms. The van der Waals surface area contributed by atoms with Gasteiger partial charge in [0.2, 0.25) is 5.91 Å². The van der Waals surface area contributed by atoms with Gasteiger partial charge in [-0.1, -0.05) is 37.3 Å². The lowest BCUT2D eigenvalue weighted by atomic mass is 9.96. The fourth-order valence-electron chi connectivity index (χ4n) is 2.65. The number of amides is 1. The molecule has 1 N–H and O–H groups in total. The van der Waals surface area contributed by atoms with Crippen LogP contribution in [0.25, 0.3) is 0 Å². The zero-order valence-electron chi connectivity index (χ0n) is 12.1. The maximum absolute atomic E-state index is 12.7. The fourth-order valence-corrected chi connectivity index (χ4v) is 2.65. The van der Waals surface area contributed by atoms with Gasteiger partial charge >= 0.3 is 0 Å². The average molecular weight is 260 g/mol. The summed E-state index contributed by atoms with van der Waals surface area (Å²) >= 11 is 0. The van der Waals surface area contributed by atoms with Crippen LogP contribution < -0.4 is 5.32 Å². The van der Waals surface area contributed by atoms with E-state index in [4.69, 9.17) is 0 Å². The van der Waals surface area contributed by atoms with Gasteiger partial charge in [0.1, 0.15) is 0 Å². The molecule has 1 fully saturated rings. The van der Waals surface area contributed by atoms with Crippen molar-refractivity contribution < 1.29 is 4.79 Å². The zero-order valence-corrected chi connectivity index (χ0v) is 12.1. The highest BCUT2D eigenvalue weighted by Crippen LogP contribution is 2.21. The van der Waals surface area contributed by atoms with Crippen LogP contribution in [0, 0.1) is 11.8 Å². The first kappa shape index (κ1) is 14.1. The molecule has 1 aromatic rings. The van der Waals surface area contributed by atoms with E-state index in [2.05, 4.69) is 38.2 Å². The van der Waals surface area contributed by atoms with E-state index in [1.165, 1.54) is 5.56 Å². The first-order chi connectivity index (χ1) is 9.09. The normalized spacial score (nSPS) is 22.7. The minimum Gasteiger partial charge on any atom is -0.336 e. The summed E-state index contributed by atoms with van der Waals surface area (Å²) in [6.07, 6.45) is 0. The van der Waals surface area contributed by atoms with E-state index in [9.17, 15) is 4.79 Å². The smallest absolute Gasteiger partial charge is 0.227 e. The van der Waals surface area contributed by atoms with Crippen LogP contribution in [-0.4, -0.2) is 29.9 Å². The first-order valence-electron chi connectivity index (χ1n) is 7.14. The standard InChI is InChI=1S/C16H24N2O/c1-12(2)18(11-14-7-5-4-6-8-14)16(19)15-10-17-9-13(15)3/h4-8,12-13,15,17H,9-11H2,1-3H3. The summed E-state index contributed by atoms with van der Waals surface area (Å²) in [7, 11) is 0. The molecule has 0 radical (unpaired) electrons. The SMILES string of the molecule is CC1CNCC1C(=O)N(Cc1ccccc1)C(C)C. The van der Waals surface area contributed by atoms with Crippen molar-refractivity contribution in [2.24, 2.45) is 11.8 Å². The minimum absolute atomic E-state index is 0.131. The molecule has 104 valence electrons. The summed E-state index contributed by atoms with van der Waals surface area (Å²) in [6, 6.07) is 10.5. The van der Waals surface area contributed by atoms with E-state index in [1.54, 1.807) is 0 Å². The Labute approximate surface area is 116 Å². The fraction of sp³-hybridized carbons (Fsp3) is 0.562. The molecule has 0 spiro atoms. The molecule has 0 aromatic heterocycles. The third-order valence-electron chi connectivity index (χ3n) is 3.94. The molecule has 1 heterocycles. The van der Waals surface area contributed by atoms with Crippen LogP contribution in [0.3, 0.4) is 0 Å². The molecular formula is C16H24N2O. The van der Waals surface area contributed by atoms with Gasteiger partial charge in [0, 0.05) is 19.1 Å². The van der Waals surface area contributed by atoms with Crippen LogP contribution in [0.4, 0.5) is 0 Å². The van der Waals surface area contributed by atoms with Crippen molar-refractivity contribution in [3.63, 3.8) is 0 Å². The van der Waals surface area contributed by atoms with Gasteiger partial charge in [-0.15, -0.1) is 0 Å². The lowest BCUT2D eigenvalue weighted by molar-refractivity contribution is -0.138. The van der Waals surface area contributed by atoms with Gasteiger partial charge < -0.3 is 10.2 Å². The second-order valence-corrected chi connectivity index (χ2v) is 5.79. The van der Waals surface area contributed by atoms with Gasteiger partial charge in [-0.05, 0) is 31.9 Å². The second kappa shape index (κ2) is 6.20. The molecule has 3 heteroatoms. The molecule has 1 aromatic carbocycles. The maximum atomic E-state index is 12.7. The quantitative estimate of drug-likeness (QED) is 0.901. The van der Waals surface area contributed by atoms with E-state index < -0.39 is 0 Å². The number of hydrogen-bond acceptors (Lipinski definition) is 2. The van der Waals surface area contributed by atoms with E-state index in [1.807, 2.05) is 23.1 Å². The van der Waals surface area contributed by atoms with Gasteiger partial charge in [-0.3, -0.25) is 4.79 Å². The molecular weight excluding hydrogens is 236 g/mol. The first-order valence-corrected chi connectivity index (χ1v) is 7.14. The topological polar surface area (TPSA) is 32.3 Å². The third-order valence-corrected chi connectivity index (χ3v) is 3.94. The van der Waals surface area contributed by atoms with Crippen molar-refractivity contribution in [3.05, 3.63) is 35.9 Å². The van der Waals surface area contributed by atoms with Gasteiger partial charge in [0.15, 0.2) is 0 Å². The van der Waals surface area contributed by atoms with Crippen molar-refractivity contribution >= 4 is 5.91 Å². The highest BCUT2D eigenvalue weighted by atomic mass is 16.2. The molecule has 1 aliphatic rings. The summed E-state index contributed by atoms with van der Waals surface area (Å²) in [4.78, 5) is 14.7. The summed E-state index contributed by atoms with van der Waals surface area (Å²) in [5.74, 6) is 0.854. The van der Waals surface area contributed by atoms with Gasteiger partial charge in [0.05, 0.1) is 5.92 Å². The lowest BCUT2D eigenvalue weighted by Crippen LogP contribution is -2.42. The number of hydrogen-bond donors (Lipinski definition) is 1. The van der Waals surface area contributed by atoms with Crippen molar-refractivity contribution in [2.45, 2.75) is 33.4 Å². The van der Waals surface area contributed by atoms with Crippen LogP contribution in [0.15, 0.2) is 30.3 Å². The summed E-state index contributed by atoms with van der Waals surface area (Å²) < 4.78 is 0. The molecule has 0 saturated carbocycles. The molecule has 1 saturated heterocycles. The average Bonchev–Trinajstić information content (AvgIpc) is 2.82. The lowest BCUT2D eigenvalue weighted by Gasteiger charge is -2.30. The summed E-state index contributed by atoms with van der Waals surface area (Å²) in [5.41, 5.74) is 1.20. The van der Waals surface area contributed by atoms with Crippen LogP contribution >= 0.6 is 0 Å². The predicted octanol–water partition coefficient (Wildman–Crippen LogP) is 2.28. The van der Waals surface area contributed by atoms with Crippen LogP contribution in [0.1, 0.15) is 26.3 Å². The Morgan fingerprint density at radius 3 is 2.53 bits per heavy atom. The van der Waals surface area contributed by atoms with Crippen LogP contribution in [0.5, 0.6) is 0 Å². The summed E-state index contributed by atoms with van der Waals surface area (Å²) in [6.45, 7) is 8.82. The maximum Gasteiger partial charge on any atom is 0.227 e. The largest absolute Gasteiger partial charge is 0.336 e. The molecule has 0 aliphatic carbocycles. The number of carbonyl (C=O) groups is 1. The van der Waals surface area contributed by atoms with Crippen molar-refractivity contribution in [1.82, 2.24) is 10.2 Å². The molecule has 1 amide bonds. The Balaban J connectivity index is 2.09. The number of rotatable bonds is 4. The van der Waals surface area contributed by atoms with E-state index in [0.717, 1.165) is 13.1 Å². The highest BCUT2D eigenvalue weighted by molar-refractivity contribution is 5.80. The highest BCUT2D eigenvalue weighted by Gasteiger charge is 2.33. The second-order valence-electron chi connectivity index (χ2n) is 5.79. The Bertz CT molecular complexity index is 416. The summed E-state index contributed by atoms with van der Waals surface area (Å²) in [5, 5.41) is 3.31. The van der Waals surface area contributed by atoms with Crippen LogP contribution in [0.2, 0.25) is 0 Å². The van der Waals surface area contributed by atoms with E-state index in [0.29, 0.717) is 12.5 Å². The van der Waals surface area contributed by atoms with E-state index in [-0.39, 0.29) is 17.9 Å². The van der Waals surface area contributed by atoms with Gasteiger partial charge in [-0.25, -0.2) is 0 Å². The molecule has 2 unspecified atom stereocenters. The van der Waals surface area contributed by atoms with Crippen molar-refractivity contribution in [2.75, 3.05) is 13.1 Å². The number of nitrogens with zero attached hydrogens (tertiary/aromatic N) is 1. The third kappa shape index (κ3) is 3.35. The molecule has 0 bridgehead atoms. The molecule has 2 atom stereocenters. The van der Waals surface area contributed by atoms with Gasteiger partial charge in [-0.2, -0.15) is 0 Å². The Hall–Kier alpha value is -1.35. The molecule has 1 aliphatic heterocycles. The van der Waals surface area contributed by atoms with E-state index >= 15 is 0 Å². The number of carbonyl (C=O) groups excluding carboxylic acids is 1. The minimum atomic E-state index is 0.131. The Kier molecular flexibility index (Phi) is 4.59. The van der Waals surface area contributed by atoms with Crippen molar-refractivity contribution in [1.29, 1.82) is 0 Å². The predicted molar refractivity (Wildman–Crippen MR) is 77.7 cm³/mol. The Morgan fingerprint density at radius 1 is 1.32 bits per heavy atom. The molecule has 3 nitrogen and oxygen atoms in total. The van der Waals surface area contributed by atoms with Crippen LogP contribution in [-0.2, 0) is 11.3 Å². The van der Waals surface area contributed by atoms with Crippen molar-refractivity contribution in [3.8, 4) is 0 Å². The number of nitrogens with one attached hydrogen (secondary N) is 1. The zero-order chi connectivity index (χ0) is 13.8. The number of benzene rings is 1.